The number of fused-ring (bicyclic) bond motifs is 1. The van der Waals surface area contributed by atoms with Gasteiger partial charge < -0.3 is 14.5 Å². The first-order chi connectivity index (χ1) is 17.0. The van der Waals surface area contributed by atoms with Gasteiger partial charge in [0, 0.05) is 17.5 Å². The minimum absolute atomic E-state index is 0.0140. The molecule has 1 aliphatic heterocycles. The lowest BCUT2D eigenvalue weighted by Gasteiger charge is -2.38. The van der Waals surface area contributed by atoms with Crippen molar-refractivity contribution in [2.45, 2.75) is 52.1 Å². The summed E-state index contributed by atoms with van der Waals surface area (Å²) >= 11 is 1.74. The molecule has 2 amide bonds. The number of carbonyl (C=O) groups excluding carboxylic acids is 2. The molecule has 0 spiro atoms. The maximum Gasteiger partial charge on any atom is 0.242 e. The van der Waals surface area contributed by atoms with Crippen molar-refractivity contribution in [2.75, 3.05) is 19.7 Å². The average molecular weight is 491 g/mol. The molecule has 0 N–H and O–H groups in total. The molecule has 2 atom stereocenters. The number of benzene rings is 2. The van der Waals surface area contributed by atoms with Crippen molar-refractivity contribution >= 4 is 23.2 Å². The highest BCUT2D eigenvalue weighted by Gasteiger charge is 2.34. The molecule has 1 aromatic heterocycles. The van der Waals surface area contributed by atoms with Gasteiger partial charge in [0.2, 0.25) is 11.8 Å². The molecule has 0 aliphatic carbocycles. The minimum atomic E-state index is -0.167. The molecule has 0 radical (unpaired) electrons. The first-order valence-corrected chi connectivity index (χ1v) is 13.2. The van der Waals surface area contributed by atoms with E-state index < -0.39 is 0 Å². The third kappa shape index (κ3) is 5.93. The summed E-state index contributed by atoms with van der Waals surface area (Å²) in [7, 11) is 0. The second kappa shape index (κ2) is 11.5. The zero-order valence-electron chi connectivity index (χ0n) is 20.8. The molecule has 0 saturated heterocycles. The van der Waals surface area contributed by atoms with Crippen molar-refractivity contribution in [3.8, 4) is 5.75 Å². The molecule has 2 unspecified atom stereocenters. The van der Waals surface area contributed by atoms with E-state index in [1.165, 1.54) is 4.88 Å². The Kier molecular flexibility index (Phi) is 8.24. The Labute approximate surface area is 212 Å². The lowest BCUT2D eigenvalue weighted by molar-refractivity contribution is -0.144. The van der Waals surface area contributed by atoms with E-state index in [1.54, 1.807) is 16.2 Å². The molecule has 3 aromatic rings. The maximum atomic E-state index is 13.7. The predicted molar refractivity (Wildman–Crippen MR) is 141 cm³/mol. The van der Waals surface area contributed by atoms with E-state index >= 15 is 0 Å². The number of carbonyl (C=O) groups is 2. The lowest BCUT2D eigenvalue weighted by Crippen LogP contribution is -2.50. The summed E-state index contributed by atoms with van der Waals surface area (Å²) in [6.45, 7) is 7.20. The van der Waals surface area contributed by atoms with Gasteiger partial charge in [0.25, 0.3) is 0 Å². The van der Waals surface area contributed by atoms with Crippen LogP contribution in [0.3, 0.4) is 0 Å². The molecule has 2 aromatic carbocycles. The van der Waals surface area contributed by atoms with Crippen LogP contribution in [0, 0.1) is 6.92 Å². The number of aryl methyl sites for hydroxylation is 1. The van der Waals surface area contributed by atoms with Crippen LogP contribution in [0.5, 0.6) is 5.75 Å². The van der Waals surface area contributed by atoms with Crippen LogP contribution in [0.1, 0.15) is 47.9 Å². The molecule has 2 heterocycles. The zero-order valence-corrected chi connectivity index (χ0v) is 21.6. The molecule has 184 valence electrons. The predicted octanol–water partition coefficient (Wildman–Crippen LogP) is 5.43. The first-order valence-electron chi connectivity index (χ1n) is 12.4. The Hall–Kier alpha value is -3.12. The Bertz CT molecular complexity index is 1140. The molecule has 4 rings (SSSR count). The number of hydrogen-bond donors (Lipinski definition) is 0. The summed E-state index contributed by atoms with van der Waals surface area (Å²) in [5.41, 5.74) is 3.19. The highest BCUT2D eigenvalue weighted by molar-refractivity contribution is 7.10. The monoisotopic (exact) mass is 490 g/mol. The van der Waals surface area contributed by atoms with Crippen molar-refractivity contribution in [3.05, 3.63) is 87.6 Å². The van der Waals surface area contributed by atoms with Crippen LogP contribution >= 0.6 is 11.3 Å². The lowest BCUT2D eigenvalue weighted by atomic mass is 10.00. The third-order valence-electron chi connectivity index (χ3n) is 6.85. The summed E-state index contributed by atoms with van der Waals surface area (Å²) in [6, 6.07) is 19.6. The summed E-state index contributed by atoms with van der Waals surface area (Å²) in [4.78, 5) is 31.9. The van der Waals surface area contributed by atoms with Crippen molar-refractivity contribution in [3.63, 3.8) is 0 Å². The third-order valence-corrected chi connectivity index (χ3v) is 7.85. The van der Waals surface area contributed by atoms with Gasteiger partial charge in [-0.25, -0.2) is 0 Å². The molecule has 0 fully saturated rings. The van der Waals surface area contributed by atoms with Crippen LogP contribution in [0.25, 0.3) is 0 Å². The van der Waals surface area contributed by atoms with Crippen LogP contribution in [0.2, 0.25) is 0 Å². The molecule has 0 bridgehead atoms. The minimum Gasteiger partial charge on any atom is -0.491 e. The number of ether oxygens (including phenoxy) is 1. The van der Waals surface area contributed by atoms with Gasteiger partial charge in [0.15, 0.2) is 0 Å². The quantitative estimate of drug-likeness (QED) is 0.402. The molecule has 35 heavy (non-hydrogen) atoms. The van der Waals surface area contributed by atoms with E-state index in [0.29, 0.717) is 19.6 Å². The maximum absolute atomic E-state index is 13.7. The average Bonchev–Trinajstić information content (AvgIpc) is 3.36. The van der Waals surface area contributed by atoms with Gasteiger partial charge in [-0.15, -0.1) is 11.3 Å². The van der Waals surface area contributed by atoms with Gasteiger partial charge in [0.1, 0.15) is 18.9 Å². The van der Waals surface area contributed by atoms with Crippen LogP contribution in [-0.4, -0.2) is 47.4 Å². The van der Waals surface area contributed by atoms with Crippen LogP contribution in [0.4, 0.5) is 0 Å². The molecule has 1 aliphatic rings. The number of para-hydroxylation sites is 1. The van der Waals surface area contributed by atoms with Gasteiger partial charge in [-0.1, -0.05) is 55.5 Å². The highest BCUT2D eigenvalue weighted by atomic mass is 32.1. The summed E-state index contributed by atoms with van der Waals surface area (Å²) in [5, 5.41) is 2.09. The van der Waals surface area contributed by atoms with Crippen LogP contribution in [-0.2, 0) is 22.4 Å². The van der Waals surface area contributed by atoms with Crippen LogP contribution < -0.4 is 4.74 Å². The molecule has 0 saturated carbocycles. The molecule has 6 heteroatoms. The van der Waals surface area contributed by atoms with Crippen molar-refractivity contribution in [1.82, 2.24) is 9.80 Å². The fourth-order valence-electron chi connectivity index (χ4n) is 4.58. The number of hydrogen-bond acceptors (Lipinski definition) is 4. The smallest absolute Gasteiger partial charge is 0.242 e. The summed E-state index contributed by atoms with van der Waals surface area (Å²) in [5.74, 6) is 0.795. The van der Waals surface area contributed by atoms with Gasteiger partial charge in [-0.3, -0.25) is 9.59 Å². The van der Waals surface area contributed by atoms with Crippen LogP contribution in [0.15, 0.2) is 66.0 Å². The number of nitrogens with zero attached hydrogens (tertiary/aromatic N) is 2. The summed E-state index contributed by atoms with van der Waals surface area (Å²) < 4.78 is 6.21. The zero-order chi connectivity index (χ0) is 24.8. The van der Waals surface area contributed by atoms with E-state index in [0.717, 1.165) is 35.3 Å². The first kappa shape index (κ1) is 25.0. The normalized spacial score (nSPS) is 15.9. The fraction of sp³-hybridized carbons (Fsp3) is 0.379. The van der Waals surface area contributed by atoms with Crippen molar-refractivity contribution in [2.24, 2.45) is 0 Å². The van der Waals surface area contributed by atoms with Gasteiger partial charge in [-0.05, 0) is 60.9 Å². The van der Waals surface area contributed by atoms with E-state index in [4.69, 9.17) is 4.74 Å². The molecular formula is C29H34N2O3S. The largest absolute Gasteiger partial charge is 0.491 e. The highest BCUT2D eigenvalue weighted by Crippen LogP contribution is 2.34. The summed E-state index contributed by atoms with van der Waals surface area (Å²) in [6.07, 6.45) is 1.93. The van der Waals surface area contributed by atoms with Crippen molar-refractivity contribution < 1.29 is 14.3 Å². The number of rotatable bonds is 9. The van der Waals surface area contributed by atoms with E-state index in [1.807, 2.05) is 73.3 Å². The topological polar surface area (TPSA) is 49.9 Å². The SMILES string of the molecule is CCC(C)N(CC(=O)N1CCc2sccc2C1COc1ccccc1C)C(=O)Cc1ccccc1. The standard InChI is InChI=1S/C29H34N2O3S/c1-4-22(3)31(28(32)18-23-11-6-5-7-12-23)19-29(33)30-16-14-27-24(15-17-35-27)25(30)20-34-26-13-9-8-10-21(26)2/h5-13,15,17,22,25H,4,14,16,18-20H2,1-3H3. The second-order valence-corrected chi connectivity index (χ2v) is 10.2. The van der Waals surface area contributed by atoms with Gasteiger partial charge in [-0.2, -0.15) is 0 Å². The van der Waals surface area contributed by atoms with Gasteiger partial charge in [0.05, 0.1) is 12.5 Å². The van der Waals surface area contributed by atoms with E-state index in [9.17, 15) is 9.59 Å². The second-order valence-electron chi connectivity index (χ2n) is 9.17. The Morgan fingerprint density at radius 3 is 2.60 bits per heavy atom. The van der Waals surface area contributed by atoms with Crippen molar-refractivity contribution in [1.29, 1.82) is 0 Å². The number of amides is 2. The Morgan fingerprint density at radius 2 is 1.86 bits per heavy atom. The fourth-order valence-corrected chi connectivity index (χ4v) is 5.51. The van der Waals surface area contributed by atoms with E-state index in [-0.39, 0.29) is 30.4 Å². The Morgan fingerprint density at radius 1 is 1.11 bits per heavy atom. The molecule has 5 nitrogen and oxygen atoms in total. The van der Waals surface area contributed by atoms with Gasteiger partial charge >= 0.3 is 0 Å². The Balaban J connectivity index is 1.51. The van der Waals surface area contributed by atoms with E-state index in [2.05, 4.69) is 18.4 Å². The number of thiophene rings is 1. The molecular weight excluding hydrogens is 456 g/mol.